The average molecular weight is 176 g/mol. The van der Waals surface area contributed by atoms with Gasteiger partial charge in [-0.15, -0.1) is 0 Å². The standard InChI is InChI=1S/C2H2As2/c1-3-2-4-1/h1-2H. The Morgan fingerprint density at radius 3 is 1.25 bits per heavy atom. The average Bonchev–Trinajstić information content (AvgIpc) is 0.722. The van der Waals surface area contributed by atoms with Crippen molar-refractivity contribution in [2.75, 3.05) is 0 Å². The topological polar surface area (TPSA) is 0 Å². The third kappa shape index (κ3) is 0.418. The van der Waals surface area contributed by atoms with Crippen LogP contribution < -0.4 is 0 Å². The molecule has 2 heteroatoms. The minimum absolute atomic E-state index is 0.688. The first-order chi connectivity index (χ1) is 2.00. The van der Waals surface area contributed by atoms with Crippen molar-refractivity contribution in [1.29, 1.82) is 0 Å². The molecule has 0 aromatic rings. The van der Waals surface area contributed by atoms with Gasteiger partial charge >= 0.3 is 37.8 Å². The first-order valence-corrected chi connectivity index (χ1v) is 5.37. The Morgan fingerprint density at radius 1 is 1.00 bits per heavy atom. The van der Waals surface area contributed by atoms with Gasteiger partial charge in [0.2, 0.25) is 0 Å². The Morgan fingerprint density at radius 2 is 1.25 bits per heavy atom. The summed E-state index contributed by atoms with van der Waals surface area (Å²) in [6, 6.07) is 0. The van der Waals surface area contributed by atoms with Crippen molar-refractivity contribution in [3.8, 4) is 0 Å². The summed E-state index contributed by atoms with van der Waals surface area (Å²) in [6.07, 6.45) is 0. The van der Waals surface area contributed by atoms with Crippen molar-refractivity contribution in [2.24, 2.45) is 0 Å². The second-order valence-electron chi connectivity index (χ2n) is 0.529. The van der Waals surface area contributed by atoms with Crippen molar-refractivity contribution in [3.63, 3.8) is 0 Å². The van der Waals surface area contributed by atoms with Crippen LogP contribution in [0.4, 0.5) is 0 Å². The van der Waals surface area contributed by atoms with E-state index in [-0.39, 0.29) is 0 Å². The van der Waals surface area contributed by atoms with Crippen LogP contribution in [0, 0.1) is 0 Å². The van der Waals surface area contributed by atoms with E-state index in [2.05, 4.69) is 7.19 Å². The molecule has 0 N–H and O–H groups in total. The van der Waals surface area contributed by atoms with Crippen LogP contribution in [0.15, 0.2) is 0 Å². The van der Waals surface area contributed by atoms with E-state index in [4.69, 9.17) is 0 Å². The summed E-state index contributed by atoms with van der Waals surface area (Å²) in [6.45, 7) is 0. The van der Waals surface area contributed by atoms with E-state index in [1.165, 1.54) is 0 Å². The predicted octanol–water partition coefficient (Wildman–Crippen LogP) is -1.07. The Kier molecular flexibility index (Phi) is 1.02. The van der Waals surface area contributed by atoms with E-state index in [0.717, 1.165) is 0 Å². The zero-order valence-corrected chi connectivity index (χ0v) is 5.80. The summed E-state index contributed by atoms with van der Waals surface area (Å²) in [5.74, 6) is 0. The van der Waals surface area contributed by atoms with Gasteiger partial charge < -0.3 is 0 Å². The van der Waals surface area contributed by atoms with Crippen molar-refractivity contribution in [1.82, 2.24) is 0 Å². The van der Waals surface area contributed by atoms with Gasteiger partial charge in [0.1, 0.15) is 0 Å². The fourth-order valence-corrected chi connectivity index (χ4v) is 1.80. The van der Waals surface area contributed by atoms with Crippen LogP contribution in [-0.2, 0) is 0 Å². The SMILES string of the molecule is C1=[As]C=[As]1. The molecule has 0 radical (unpaired) electrons. The number of rotatable bonds is 0. The van der Waals surface area contributed by atoms with E-state index in [0.29, 0.717) is 30.6 Å². The zero-order chi connectivity index (χ0) is 2.83. The number of hydrogen-bond acceptors (Lipinski definition) is 0. The fraction of sp³-hybridized carbons (Fsp3) is 0. The van der Waals surface area contributed by atoms with Gasteiger partial charge in [0.25, 0.3) is 0 Å². The van der Waals surface area contributed by atoms with Crippen LogP contribution >= 0.6 is 0 Å². The molecule has 1 heterocycles. The predicted molar refractivity (Wildman–Crippen MR) is 23.6 cm³/mol. The zero-order valence-electron chi connectivity index (χ0n) is 2.05. The second-order valence-corrected chi connectivity index (χ2v) is 7.78. The first-order valence-electron chi connectivity index (χ1n) is 1.03. The van der Waals surface area contributed by atoms with E-state index in [1.54, 1.807) is 0 Å². The summed E-state index contributed by atoms with van der Waals surface area (Å²) in [4.78, 5) is 0. The molecule has 0 aliphatic carbocycles. The third-order valence-electron chi connectivity index (χ3n) is 0.267. The van der Waals surface area contributed by atoms with Crippen molar-refractivity contribution >= 4 is 37.8 Å². The second kappa shape index (κ2) is 1.33. The quantitative estimate of drug-likeness (QED) is 0.412. The van der Waals surface area contributed by atoms with Crippen LogP contribution in [0.5, 0.6) is 0 Å². The molecule has 0 nitrogen and oxygen atoms in total. The number of hydrogen-bond donors (Lipinski definition) is 0. The Labute approximate surface area is 38.0 Å². The molecule has 0 saturated heterocycles. The Hall–Kier alpha value is 0.857. The molecule has 0 fully saturated rings. The minimum atomic E-state index is 0.688. The molecular weight excluding hydrogens is 174 g/mol. The molecule has 0 aromatic heterocycles. The fourth-order valence-electron chi connectivity index (χ4n) is 0.0667. The van der Waals surface area contributed by atoms with Crippen molar-refractivity contribution in [3.05, 3.63) is 0 Å². The van der Waals surface area contributed by atoms with Gasteiger partial charge in [-0.25, -0.2) is 0 Å². The third-order valence-corrected chi connectivity index (χ3v) is 7.20. The van der Waals surface area contributed by atoms with E-state index < -0.39 is 0 Å². The molecule has 0 atom stereocenters. The Balaban J connectivity index is 2.67. The summed E-state index contributed by atoms with van der Waals surface area (Å²) < 4.78 is 4.88. The van der Waals surface area contributed by atoms with E-state index in [9.17, 15) is 0 Å². The van der Waals surface area contributed by atoms with Crippen LogP contribution in [0.3, 0.4) is 0 Å². The molecule has 0 unspecified atom stereocenters. The molecule has 0 saturated carbocycles. The summed E-state index contributed by atoms with van der Waals surface area (Å²) in [5, 5.41) is 0. The normalized spacial score (nSPS) is 24.0. The van der Waals surface area contributed by atoms with Crippen LogP contribution in [0.1, 0.15) is 0 Å². The van der Waals surface area contributed by atoms with Gasteiger partial charge in [0, 0.05) is 0 Å². The summed E-state index contributed by atoms with van der Waals surface area (Å²) in [5.41, 5.74) is 0. The molecule has 1 aliphatic rings. The molecule has 1 rings (SSSR count). The molecule has 1 aliphatic heterocycles. The molecule has 20 valence electrons. The van der Waals surface area contributed by atoms with Crippen LogP contribution in [0.25, 0.3) is 0 Å². The molecule has 0 bridgehead atoms. The molecule has 4 heavy (non-hydrogen) atoms. The van der Waals surface area contributed by atoms with Gasteiger partial charge in [-0.3, -0.25) is 0 Å². The molecule has 0 amide bonds. The van der Waals surface area contributed by atoms with Crippen LogP contribution in [-0.4, -0.2) is 37.8 Å². The molecule has 0 spiro atoms. The van der Waals surface area contributed by atoms with Gasteiger partial charge in [-0.2, -0.15) is 0 Å². The van der Waals surface area contributed by atoms with Gasteiger partial charge in [0.05, 0.1) is 0 Å². The van der Waals surface area contributed by atoms with Crippen molar-refractivity contribution in [2.45, 2.75) is 0 Å². The van der Waals surface area contributed by atoms with Gasteiger partial charge in [-0.05, 0) is 0 Å². The van der Waals surface area contributed by atoms with E-state index >= 15 is 0 Å². The molecular formula is C2H2As2. The Bertz CT molecular complexity index is 44.4. The van der Waals surface area contributed by atoms with Gasteiger partial charge in [0.15, 0.2) is 0 Å². The van der Waals surface area contributed by atoms with Crippen molar-refractivity contribution < 1.29 is 0 Å². The maximum atomic E-state index is 2.44. The monoisotopic (exact) mass is 176 g/mol. The first kappa shape index (κ1) is 3.06. The molecule has 0 aromatic carbocycles. The maximum absolute atomic E-state index is 2.44. The van der Waals surface area contributed by atoms with Crippen LogP contribution in [0.2, 0.25) is 0 Å². The van der Waals surface area contributed by atoms with E-state index in [1.807, 2.05) is 0 Å². The summed E-state index contributed by atoms with van der Waals surface area (Å²) >= 11 is 1.38. The van der Waals surface area contributed by atoms with Gasteiger partial charge in [-0.1, -0.05) is 0 Å². The summed E-state index contributed by atoms with van der Waals surface area (Å²) in [7, 11) is 0.